The number of rotatable bonds is 6. The van der Waals surface area contributed by atoms with Crippen molar-refractivity contribution in [2.45, 2.75) is 87.6 Å². The first-order valence-electron chi connectivity index (χ1n) is 29.1. The summed E-state index contributed by atoms with van der Waals surface area (Å²) >= 11 is 0. The Balaban J connectivity index is 0.000000268. The van der Waals surface area contributed by atoms with Crippen LogP contribution < -0.4 is 0 Å². The molecule has 0 fully saturated rings. The van der Waals surface area contributed by atoms with Crippen LogP contribution in [0.3, 0.4) is 0 Å². The van der Waals surface area contributed by atoms with Gasteiger partial charge in [0.2, 0.25) is 0 Å². The topological polar surface area (TPSA) is 38.9 Å². The van der Waals surface area contributed by atoms with Gasteiger partial charge >= 0.3 is 0 Å². The molecule has 3 aromatic heterocycles. The van der Waals surface area contributed by atoms with Crippen LogP contribution in [0.5, 0.6) is 0 Å². The second-order valence-electron chi connectivity index (χ2n) is 17.6. The van der Waals surface area contributed by atoms with E-state index in [9.17, 15) is 0 Å². The molecule has 6 aromatic carbocycles. The maximum absolute atomic E-state index is 8.51. The third-order valence-corrected chi connectivity index (χ3v) is 10.7. The summed E-state index contributed by atoms with van der Waals surface area (Å²) < 4.78 is 146. The van der Waals surface area contributed by atoms with Crippen LogP contribution in [-0.2, 0) is 31.9 Å². The van der Waals surface area contributed by atoms with Gasteiger partial charge < -0.3 is 14.4 Å². The zero-order valence-electron chi connectivity index (χ0n) is 53.4. The number of aryl methyl sites for hydroxylation is 5. The van der Waals surface area contributed by atoms with Crippen molar-refractivity contribution in [1.29, 1.82) is 0 Å². The number of benzene rings is 6. The Kier molecular flexibility index (Phi) is 8.39. The van der Waals surface area contributed by atoms with Crippen LogP contribution >= 0.6 is 0 Å². The van der Waals surface area contributed by atoms with E-state index in [1.807, 2.05) is 84.0 Å². The number of aromatic nitrogens is 2. The molecular formula is C60H58IrN2O-2. The van der Waals surface area contributed by atoms with Crippen molar-refractivity contribution < 1.29 is 47.8 Å². The monoisotopic (exact) mass is 1030 g/mol. The van der Waals surface area contributed by atoms with Gasteiger partial charge in [-0.3, -0.25) is 0 Å². The Morgan fingerprint density at radius 2 is 1.28 bits per heavy atom. The van der Waals surface area contributed by atoms with Crippen LogP contribution in [0, 0.1) is 51.8 Å². The fraction of sp³-hybridized carbons (Fsp3) is 0.233. The van der Waals surface area contributed by atoms with Crippen LogP contribution in [0.2, 0.25) is 0 Å². The molecule has 9 rings (SSSR count). The summed E-state index contributed by atoms with van der Waals surface area (Å²) in [6.45, 7) is -1.11. The quantitative estimate of drug-likeness (QED) is 0.156. The minimum atomic E-state index is -2.77. The first-order chi connectivity index (χ1) is 36.9. The van der Waals surface area contributed by atoms with Crippen LogP contribution in [0.1, 0.15) is 104 Å². The Labute approximate surface area is 418 Å². The van der Waals surface area contributed by atoms with E-state index in [0.717, 1.165) is 17.3 Å². The van der Waals surface area contributed by atoms with Gasteiger partial charge in [0, 0.05) is 61.2 Å². The molecule has 3 nitrogen and oxygen atoms in total. The van der Waals surface area contributed by atoms with Crippen molar-refractivity contribution in [3.05, 3.63) is 191 Å². The normalized spacial score (nSPS) is 16.8. The summed E-state index contributed by atoms with van der Waals surface area (Å²) in [5.74, 6) is 0. The Bertz CT molecular complexity index is 3730. The summed E-state index contributed by atoms with van der Waals surface area (Å²) in [6, 6.07) is 41.5. The van der Waals surface area contributed by atoms with Crippen molar-refractivity contribution in [3.63, 3.8) is 0 Å². The van der Waals surface area contributed by atoms with Crippen molar-refractivity contribution >= 4 is 21.9 Å². The molecule has 0 atom stereocenters. The molecule has 0 saturated heterocycles. The van der Waals surface area contributed by atoms with Gasteiger partial charge in [0.15, 0.2) is 0 Å². The zero-order valence-corrected chi connectivity index (χ0v) is 38.8. The van der Waals surface area contributed by atoms with Gasteiger partial charge in [-0.15, -0.1) is 47.5 Å². The summed E-state index contributed by atoms with van der Waals surface area (Å²) in [6.07, 6.45) is 1.16. The molecule has 0 saturated carbocycles. The summed E-state index contributed by atoms with van der Waals surface area (Å²) in [5.41, 5.74) is 5.07. The Morgan fingerprint density at radius 1 is 0.594 bits per heavy atom. The van der Waals surface area contributed by atoms with E-state index in [2.05, 4.69) is 22.1 Å². The maximum Gasteiger partial charge on any atom is 0.120 e. The van der Waals surface area contributed by atoms with Crippen LogP contribution in [0.15, 0.2) is 144 Å². The number of furan rings is 1. The molecule has 1 radical (unpaired) electrons. The predicted molar refractivity (Wildman–Crippen MR) is 266 cm³/mol. The van der Waals surface area contributed by atoms with E-state index in [-0.39, 0.29) is 75.7 Å². The first kappa shape index (κ1) is 28.8. The van der Waals surface area contributed by atoms with E-state index in [4.69, 9.17) is 27.7 Å². The number of pyridine rings is 2. The minimum Gasteiger partial charge on any atom is -0.501 e. The Hall–Kier alpha value is -5.93. The molecule has 9 aromatic rings. The third-order valence-electron chi connectivity index (χ3n) is 10.7. The van der Waals surface area contributed by atoms with Crippen LogP contribution in [-0.4, -0.2) is 9.97 Å². The molecule has 0 spiro atoms. The molecule has 0 aliphatic rings. The standard InChI is InChI=1S/C37H34NO.C23H24N.Ir/c1-22-11-16-35-33(17-22)28-9-8-10-29(36(28)39-35)34-20-32(25(4)21-38-34)31-19-23(2)30(18-24(31)3)26-12-14-27(15-13-26)37(5,6)7;1-17-10-12-20(14-21(17)19-8-6-5-7-9-19)22-13-11-18(16-24-22)15-23(2,3)4;/h8-9,11-21H,1-7H3;5-11,13-14,16H,15H2,1-4H3;/q2*-1;/i1D3,2D3,3D3,4D3;1D3,15D2;. The number of hydrogen-bond donors (Lipinski definition) is 0. The maximum atomic E-state index is 8.51. The van der Waals surface area contributed by atoms with Gasteiger partial charge in [0.1, 0.15) is 5.58 Å². The smallest absolute Gasteiger partial charge is 0.120 e. The average molecular weight is 1030 g/mol. The summed E-state index contributed by atoms with van der Waals surface area (Å²) in [5, 5.41) is 1.12. The van der Waals surface area contributed by atoms with E-state index >= 15 is 0 Å². The third kappa shape index (κ3) is 10.1. The van der Waals surface area contributed by atoms with Crippen LogP contribution in [0.25, 0.3) is 77.8 Å². The molecule has 64 heavy (non-hydrogen) atoms. The molecular weight excluding hydrogens is 957 g/mol. The Morgan fingerprint density at radius 3 is 1.97 bits per heavy atom. The average Bonchev–Trinajstić information content (AvgIpc) is 3.76. The van der Waals surface area contributed by atoms with Crippen molar-refractivity contribution in [3.8, 4) is 55.9 Å². The van der Waals surface area contributed by atoms with Gasteiger partial charge in [-0.2, -0.15) is 0 Å². The van der Waals surface area contributed by atoms with Gasteiger partial charge in [-0.1, -0.05) is 161 Å². The predicted octanol–water partition coefficient (Wildman–Crippen LogP) is 16.4. The fourth-order valence-corrected chi connectivity index (χ4v) is 7.51. The van der Waals surface area contributed by atoms with Gasteiger partial charge in [0.25, 0.3) is 0 Å². The van der Waals surface area contributed by atoms with Gasteiger partial charge in [0.05, 0.1) is 5.58 Å². The van der Waals surface area contributed by atoms with E-state index in [0.29, 0.717) is 55.4 Å². The van der Waals surface area contributed by atoms with Gasteiger partial charge in [-0.05, 0) is 124 Å². The number of fused-ring (bicyclic) bond motifs is 3. The second-order valence-corrected chi connectivity index (χ2v) is 17.6. The molecule has 0 bridgehead atoms. The molecule has 0 aliphatic carbocycles. The second kappa shape index (κ2) is 18.7. The molecule has 0 N–H and O–H groups in total. The molecule has 0 aliphatic heterocycles. The minimum absolute atomic E-state index is 0. The number of hydrogen-bond acceptors (Lipinski definition) is 3. The summed E-state index contributed by atoms with van der Waals surface area (Å²) in [4.78, 5) is 8.89. The van der Waals surface area contributed by atoms with Crippen molar-refractivity contribution in [2.24, 2.45) is 5.41 Å². The van der Waals surface area contributed by atoms with E-state index in [1.54, 1.807) is 54.7 Å². The van der Waals surface area contributed by atoms with Crippen molar-refractivity contribution in [2.75, 3.05) is 0 Å². The largest absolute Gasteiger partial charge is 0.501 e. The fourth-order valence-electron chi connectivity index (χ4n) is 7.51. The first-order valence-corrected chi connectivity index (χ1v) is 20.6. The van der Waals surface area contributed by atoms with Crippen LogP contribution in [0.4, 0.5) is 0 Å². The van der Waals surface area contributed by atoms with Crippen molar-refractivity contribution in [1.82, 2.24) is 9.97 Å². The zero-order chi connectivity index (χ0) is 58.9. The molecule has 0 amide bonds. The molecule has 3 heterocycles. The molecule has 0 unspecified atom stereocenters. The van der Waals surface area contributed by atoms with E-state index < -0.39 is 46.0 Å². The SMILES string of the molecule is [2H]C([2H])([2H])c1c[c-]c(-c2ccc(C([2H])([2H])C(C)(C)C)cn2)cc1-c1ccccc1.[2H]C([2H])([2H])c1ccc2oc3c(-c4cc(-c5cc(C([2H])([2H])[2H])c(-c6ccc(C(C)(C)C)cc6)cc5C([2H])([2H])[2H])c(C([2H])([2H])[2H])cn4)[c-]ccc3c2c1.[Ir]. The molecule has 325 valence electrons. The number of nitrogens with zero attached hydrogens (tertiary/aromatic N) is 2. The molecule has 4 heteroatoms. The van der Waals surface area contributed by atoms with Gasteiger partial charge in [-0.25, -0.2) is 0 Å². The van der Waals surface area contributed by atoms with E-state index in [1.165, 1.54) is 36.4 Å². The summed E-state index contributed by atoms with van der Waals surface area (Å²) in [7, 11) is 0.